The second-order valence-corrected chi connectivity index (χ2v) is 13.8. The number of nitrogens with zero attached hydrogens (tertiary/aromatic N) is 4. The lowest BCUT2D eigenvalue weighted by molar-refractivity contribution is 0.238. The number of phenols is 2. The van der Waals surface area contributed by atoms with Crippen molar-refractivity contribution in [1.82, 2.24) is 19.0 Å². The predicted octanol–water partition coefficient (Wildman–Crippen LogP) is 10.5. The molecule has 0 fully saturated rings. The maximum absolute atomic E-state index is 12.1. The summed E-state index contributed by atoms with van der Waals surface area (Å²) in [5.41, 5.74) is 10.3. The first kappa shape index (κ1) is 31.6. The number of fused-ring (bicyclic) bond motifs is 6. The van der Waals surface area contributed by atoms with Gasteiger partial charge in [-0.2, -0.15) is 0 Å². The van der Waals surface area contributed by atoms with E-state index in [4.69, 9.17) is 0 Å². The van der Waals surface area contributed by atoms with Crippen molar-refractivity contribution in [3.63, 3.8) is 0 Å². The average Bonchev–Trinajstić information content (AvgIpc) is 3.68. The quantitative estimate of drug-likeness (QED) is 0.168. The van der Waals surface area contributed by atoms with Crippen LogP contribution in [-0.4, -0.2) is 29.2 Å². The summed E-state index contributed by atoms with van der Waals surface area (Å²) in [6.07, 6.45) is 1.81. The van der Waals surface area contributed by atoms with Gasteiger partial charge in [-0.05, 0) is 73.5 Å². The first-order chi connectivity index (χ1) is 25.4. The molecule has 6 nitrogen and oxygen atoms in total. The highest BCUT2D eigenvalue weighted by atomic mass is 16.3. The van der Waals surface area contributed by atoms with Gasteiger partial charge in [-0.15, -0.1) is 0 Å². The minimum atomic E-state index is 0.238. The van der Waals surface area contributed by atoms with Crippen LogP contribution < -0.4 is 0 Å². The molecule has 0 aliphatic heterocycles. The van der Waals surface area contributed by atoms with Crippen molar-refractivity contribution in [2.75, 3.05) is 0 Å². The van der Waals surface area contributed by atoms with Gasteiger partial charge in [0.15, 0.2) is 0 Å². The molecule has 0 atom stereocenters. The highest BCUT2D eigenvalue weighted by Gasteiger charge is 2.22. The van der Waals surface area contributed by atoms with Crippen LogP contribution in [0.2, 0.25) is 0 Å². The average molecular weight is 679 g/mol. The maximum atomic E-state index is 12.1. The normalized spacial score (nSPS) is 11.8. The third-order valence-electron chi connectivity index (χ3n) is 10.2. The van der Waals surface area contributed by atoms with Gasteiger partial charge >= 0.3 is 0 Å². The van der Waals surface area contributed by atoms with Gasteiger partial charge in [0, 0.05) is 58.5 Å². The Balaban J connectivity index is 1.16. The minimum absolute atomic E-state index is 0.238. The second kappa shape index (κ2) is 12.7. The lowest BCUT2D eigenvalue weighted by Gasteiger charge is -2.25. The molecule has 0 radical (unpaired) electrons. The summed E-state index contributed by atoms with van der Waals surface area (Å²) >= 11 is 0. The number of hydrogen-bond donors (Lipinski definition) is 2. The van der Waals surface area contributed by atoms with E-state index < -0.39 is 0 Å². The summed E-state index contributed by atoms with van der Waals surface area (Å²) in [6, 6.07) is 47.6. The molecule has 9 rings (SSSR count). The van der Waals surface area contributed by atoms with Crippen LogP contribution in [0.5, 0.6) is 11.5 Å². The third kappa shape index (κ3) is 5.36. The first-order valence-electron chi connectivity index (χ1n) is 17.7. The fourth-order valence-electron chi connectivity index (χ4n) is 7.98. The molecule has 0 unspecified atom stereocenters. The van der Waals surface area contributed by atoms with Crippen molar-refractivity contribution < 1.29 is 10.2 Å². The van der Waals surface area contributed by atoms with Crippen molar-refractivity contribution in [3.8, 4) is 22.9 Å². The van der Waals surface area contributed by atoms with E-state index in [1.807, 2.05) is 48.7 Å². The molecule has 0 spiro atoms. The Bertz CT molecular complexity index is 2500. The Hall–Kier alpha value is -6.37. The number of pyridine rings is 1. The van der Waals surface area contributed by atoms with Crippen LogP contribution in [0.25, 0.3) is 55.0 Å². The van der Waals surface area contributed by atoms with Crippen LogP contribution >= 0.6 is 0 Å². The van der Waals surface area contributed by atoms with E-state index in [9.17, 15) is 10.2 Å². The smallest absolute Gasteiger partial charge is 0.144 e. The first-order valence-corrected chi connectivity index (χ1v) is 17.7. The number of para-hydroxylation sites is 4. The zero-order chi connectivity index (χ0) is 35.3. The SMILES string of the molecule is Cc1cc(CN(Cc2ccccn2)Cc2cc(C)cc(-n3c4ccccc4c4ccccc43)c2O)c(O)c(-n2c3ccccc3c3ccccc32)c1. The van der Waals surface area contributed by atoms with Crippen molar-refractivity contribution in [2.24, 2.45) is 0 Å². The molecule has 0 saturated carbocycles. The molecule has 2 N–H and O–H groups in total. The minimum Gasteiger partial charge on any atom is -0.505 e. The molecule has 0 bridgehead atoms. The summed E-state index contributed by atoms with van der Waals surface area (Å²) in [7, 11) is 0. The summed E-state index contributed by atoms with van der Waals surface area (Å²) < 4.78 is 4.34. The number of hydrogen-bond acceptors (Lipinski definition) is 4. The van der Waals surface area contributed by atoms with Crippen molar-refractivity contribution >= 4 is 43.6 Å². The Morgan fingerprint density at radius 3 is 1.25 bits per heavy atom. The monoisotopic (exact) mass is 678 g/mol. The van der Waals surface area contributed by atoms with Crippen LogP contribution in [-0.2, 0) is 19.6 Å². The number of benzene rings is 6. The van der Waals surface area contributed by atoms with Crippen molar-refractivity contribution in [2.45, 2.75) is 33.5 Å². The Labute approximate surface area is 302 Å². The number of aromatic nitrogens is 3. The van der Waals surface area contributed by atoms with E-state index in [0.717, 1.165) is 82.9 Å². The van der Waals surface area contributed by atoms with E-state index in [2.05, 4.69) is 130 Å². The van der Waals surface area contributed by atoms with Crippen LogP contribution in [0.3, 0.4) is 0 Å². The second-order valence-electron chi connectivity index (χ2n) is 13.8. The largest absolute Gasteiger partial charge is 0.505 e. The molecule has 52 heavy (non-hydrogen) atoms. The van der Waals surface area contributed by atoms with Crippen molar-refractivity contribution in [1.29, 1.82) is 0 Å². The third-order valence-corrected chi connectivity index (χ3v) is 10.2. The molecule has 254 valence electrons. The van der Waals surface area contributed by atoms with Gasteiger partial charge < -0.3 is 19.3 Å². The molecule has 0 saturated heterocycles. The molecule has 9 aromatic rings. The lowest BCUT2D eigenvalue weighted by atomic mass is 10.0. The van der Waals surface area contributed by atoms with E-state index >= 15 is 0 Å². The highest BCUT2D eigenvalue weighted by Crippen LogP contribution is 2.40. The summed E-state index contributed by atoms with van der Waals surface area (Å²) in [6.45, 7) is 5.55. The zero-order valence-electron chi connectivity index (χ0n) is 29.2. The molecule has 0 aliphatic rings. The predicted molar refractivity (Wildman–Crippen MR) is 212 cm³/mol. The van der Waals surface area contributed by atoms with Crippen LogP contribution in [0.4, 0.5) is 0 Å². The van der Waals surface area contributed by atoms with Gasteiger partial charge in [0.2, 0.25) is 0 Å². The zero-order valence-corrected chi connectivity index (χ0v) is 29.2. The van der Waals surface area contributed by atoms with Gasteiger partial charge in [-0.1, -0.05) is 91.0 Å². The lowest BCUT2D eigenvalue weighted by Crippen LogP contribution is -2.23. The number of aromatic hydroxyl groups is 2. The van der Waals surface area contributed by atoms with E-state index in [1.165, 1.54) is 0 Å². The van der Waals surface area contributed by atoms with E-state index in [-0.39, 0.29) is 11.5 Å². The van der Waals surface area contributed by atoms with Crippen LogP contribution in [0.1, 0.15) is 27.9 Å². The fourth-order valence-corrected chi connectivity index (χ4v) is 7.98. The molecule has 6 heteroatoms. The number of rotatable bonds is 8. The van der Waals surface area contributed by atoms with Gasteiger partial charge in [-0.25, -0.2) is 0 Å². The maximum Gasteiger partial charge on any atom is 0.144 e. The number of phenolic OH excluding ortho intramolecular Hbond substituents is 2. The van der Waals surface area contributed by atoms with Gasteiger partial charge in [0.05, 0.1) is 39.1 Å². The molecule has 0 aliphatic carbocycles. The number of aryl methyl sites for hydroxylation is 2. The molecule has 3 aromatic heterocycles. The van der Waals surface area contributed by atoms with Gasteiger partial charge in [0.1, 0.15) is 11.5 Å². The molecular weight excluding hydrogens is 641 g/mol. The molecule has 0 amide bonds. The van der Waals surface area contributed by atoms with Crippen LogP contribution in [0, 0.1) is 13.8 Å². The Morgan fingerprint density at radius 1 is 0.481 bits per heavy atom. The molecule has 3 heterocycles. The van der Waals surface area contributed by atoms with Crippen molar-refractivity contribution in [3.05, 3.63) is 174 Å². The van der Waals surface area contributed by atoms with Gasteiger partial charge in [-0.3, -0.25) is 9.88 Å². The van der Waals surface area contributed by atoms with E-state index in [0.29, 0.717) is 19.6 Å². The molecule has 6 aromatic carbocycles. The molecular formula is C46H38N4O2. The topological polar surface area (TPSA) is 66.5 Å². The summed E-state index contributed by atoms with van der Waals surface area (Å²) in [4.78, 5) is 6.91. The summed E-state index contributed by atoms with van der Waals surface area (Å²) in [5, 5.41) is 28.9. The van der Waals surface area contributed by atoms with Gasteiger partial charge in [0.25, 0.3) is 0 Å². The standard InChI is InChI=1S/C46H38N4O2/c1-30-23-32(45(51)43(25-30)49-39-18-7-3-14-35(39)36-15-4-8-19-40(36)49)27-48(29-34-13-11-12-22-47-34)28-33-24-31(2)26-44(46(33)52)50-41-20-9-5-16-37(41)38-17-6-10-21-42(38)50/h3-26,51-52H,27-29H2,1-2H3. The summed E-state index contributed by atoms with van der Waals surface area (Å²) in [5.74, 6) is 0.477. The van der Waals surface area contributed by atoms with E-state index in [1.54, 1.807) is 0 Å². The Morgan fingerprint density at radius 2 is 0.865 bits per heavy atom. The van der Waals surface area contributed by atoms with Crippen LogP contribution in [0.15, 0.2) is 146 Å². The Kier molecular flexibility index (Phi) is 7.75. The fraction of sp³-hybridized carbons (Fsp3) is 0.109. The highest BCUT2D eigenvalue weighted by molar-refractivity contribution is 6.10.